The van der Waals surface area contributed by atoms with Crippen LogP contribution in [0.3, 0.4) is 0 Å². The Kier molecular flexibility index (Phi) is 8.90. The van der Waals surface area contributed by atoms with E-state index in [2.05, 4.69) is 24.2 Å². The molecule has 2 aromatic rings. The van der Waals surface area contributed by atoms with Crippen LogP contribution in [-0.4, -0.2) is 18.0 Å². The lowest BCUT2D eigenvalue weighted by molar-refractivity contribution is 0.319. The number of unbranched alkanes of at least 4 members (excludes halogenated alkanes) is 6. The smallest absolute Gasteiger partial charge is 0.128 e. The summed E-state index contributed by atoms with van der Waals surface area (Å²) < 4.78 is 5.52. The van der Waals surface area contributed by atoms with E-state index in [1.165, 1.54) is 56.1 Å². The fraction of sp³-hybridized carbons (Fsp3) is 0.458. The standard InChI is InChI=1S/C24H33NO2/c1-4-5-6-7-8-9-10-11-20-14-17-23(27-3)22(18-20)24(25-26)21-15-12-19(2)13-16-21/h12-18,26H,4-11H2,1-3H3. The van der Waals surface area contributed by atoms with Gasteiger partial charge in [-0.2, -0.15) is 0 Å². The first-order valence-electron chi connectivity index (χ1n) is 10.2. The van der Waals surface area contributed by atoms with Gasteiger partial charge in [-0.3, -0.25) is 0 Å². The molecule has 3 heteroatoms. The lowest BCUT2D eigenvalue weighted by Crippen LogP contribution is -2.07. The zero-order chi connectivity index (χ0) is 19.5. The third-order valence-electron chi connectivity index (χ3n) is 5.01. The van der Waals surface area contributed by atoms with E-state index in [0.717, 1.165) is 23.3 Å². The summed E-state index contributed by atoms with van der Waals surface area (Å²) in [7, 11) is 1.65. The highest BCUT2D eigenvalue weighted by atomic mass is 16.5. The Balaban J connectivity index is 2.07. The molecule has 2 rings (SSSR count). The van der Waals surface area contributed by atoms with Crippen molar-refractivity contribution < 1.29 is 9.94 Å². The molecule has 2 aromatic carbocycles. The SMILES string of the molecule is CCCCCCCCCc1ccc(OC)c(C(=NO)c2ccc(C)cc2)c1. The molecule has 0 aliphatic carbocycles. The van der Waals surface area contributed by atoms with Gasteiger partial charge in [-0.25, -0.2) is 0 Å². The van der Waals surface area contributed by atoms with Gasteiger partial charge in [-0.1, -0.05) is 86.5 Å². The number of ether oxygens (including phenoxy) is 1. The molecule has 0 saturated heterocycles. The second kappa shape index (κ2) is 11.4. The van der Waals surface area contributed by atoms with Gasteiger partial charge in [-0.05, 0) is 37.5 Å². The largest absolute Gasteiger partial charge is 0.496 e. The number of aryl methyl sites for hydroxylation is 2. The maximum Gasteiger partial charge on any atom is 0.128 e. The molecule has 0 radical (unpaired) electrons. The highest BCUT2D eigenvalue weighted by Crippen LogP contribution is 2.25. The van der Waals surface area contributed by atoms with E-state index in [9.17, 15) is 5.21 Å². The van der Waals surface area contributed by atoms with E-state index in [4.69, 9.17) is 4.74 Å². The van der Waals surface area contributed by atoms with Crippen LogP contribution in [0.2, 0.25) is 0 Å². The third-order valence-corrected chi connectivity index (χ3v) is 5.01. The number of benzene rings is 2. The van der Waals surface area contributed by atoms with Gasteiger partial charge in [0.15, 0.2) is 0 Å². The fourth-order valence-corrected chi connectivity index (χ4v) is 3.36. The molecule has 3 nitrogen and oxygen atoms in total. The first kappa shape index (κ1) is 21.0. The van der Waals surface area contributed by atoms with Gasteiger partial charge in [0.05, 0.1) is 7.11 Å². The van der Waals surface area contributed by atoms with E-state index in [0.29, 0.717) is 5.71 Å². The number of methoxy groups -OCH3 is 1. The Morgan fingerprint density at radius 3 is 2.22 bits per heavy atom. The molecule has 146 valence electrons. The van der Waals surface area contributed by atoms with E-state index >= 15 is 0 Å². The van der Waals surface area contributed by atoms with Crippen LogP contribution < -0.4 is 4.74 Å². The average Bonchev–Trinajstić information content (AvgIpc) is 2.69. The molecule has 0 unspecified atom stereocenters. The molecule has 27 heavy (non-hydrogen) atoms. The minimum absolute atomic E-state index is 0.549. The molecule has 0 bridgehead atoms. The van der Waals surface area contributed by atoms with Crippen LogP contribution in [0.5, 0.6) is 5.75 Å². The van der Waals surface area contributed by atoms with Crippen LogP contribution in [0.4, 0.5) is 0 Å². The van der Waals surface area contributed by atoms with E-state index in [1.54, 1.807) is 7.11 Å². The summed E-state index contributed by atoms with van der Waals surface area (Å²) in [6.45, 7) is 4.30. The van der Waals surface area contributed by atoms with Gasteiger partial charge in [0.2, 0.25) is 0 Å². The summed E-state index contributed by atoms with van der Waals surface area (Å²) >= 11 is 0. The topological polar surface area (TPSA) is 41.8 Å². The van der Waals surface area contributed by atoms with Crippen LogP contribution in [0.25, 0.3) is 0 Å². The lowest BCUT2D eigenvalue weighted by atomic mass is 9.96. The van der Waals surface area contributed by atoms with Crippen LogP contribution in [0.15, 0.2) is 47.6 Å². The number of hydrogen-bond acceptors (Lipinski definition) is 3. The van der Waals surface area contributed by atoms with Crippen molar-refractivity contribution in [2.24, 2.45) is 5.16 Å². The molecular weight excluding hydrogens is 334 g/mol. The predicted octanol–water partition coefficient (Wildman–Crippen LogP) is 6.52. The van der Waals surface area contributed by atoms with Gasteiger partial charge in [-0.15, -0.1) is 0 Å². The van der Waals surface area contributed by atoms with Gasteiger partial charge in [0.1, 0.15) is 11.5 Å². The molecule has 0 amide bonds. The minimum Gasteiger partial charge on any atom is -0.496 e. The Bertz CT molecular complexity index is 720. The van der Waals surface area contributed by atoms with Crippen molar-refractivity contribution in [1.29, 1.82) is 0 Å². The van der Waals surface area contributed by atoms with E-state index in [1.807, 2.05) is 37.3 Å². The van der Waals surface area contributed by atoms with Crippen molar-refractivity contribution in [2.45, 2.75) is 65.2 Å². The van der Waals surface area contributed by atoms with Crippen molar-refractivity contribution in [1.82, 2.24) is 0 Å². The Morgan fingerprint density at radius 2 is 1.59 bits per heavy atom. The summed E-state index contributed by atoms with van der Waals surface area (Å²) in [5.74, 6) is 0.728. The van der Waals surface area contributed by atoms with Crippen LogP contribution in [-0.2, 0) is 6.42 Å². The normalized spacial score (nSPS) is 11.6. The van der Waals surface area contributed by atoms with Gasteiger partial charge in [0.25, 0.3) is 0 Å². The maximum atomic E-state index is 9.66. The summed E-state index contributed by atoms with van der Waals surface area (Å²) in [5.41, 5.74) is 4.70. The first-order chi connectivity index (χ1) is 13.2. The predicted molar refractivity (Wildman–Crippen MR) is 113 cm³/mol. The summed E-state index contributed by atoms with van der Waals surface area (Å²) in [5, 5.41) is 13.2. The molecule has 0 aromatic heterocycles. The lowest BCUT2D eigenvalue weighted by Gasteiger charge is -2.13. The number of oxime groups is 1. The highest BCUT2D eigenvalue weighted by Gasteiger charge is 2.14. The zero-order valence-corrected chi connectivity index (χ0v) is 17.0. The van der Waals surface area contributed by atoms with Crippen molar-refractivity contribution in [3.05, 3.63) is 64.7 Å². The molecule has 0 aliphatic rings. The second-order valence-corrected chi connectivity index (χ2v) is 7.22. The molecule has 0 saturated carbocycles. The number of hydrogen-bond donors (Lipinski definition) is 1. The second-order valence-electron chi connectivity index (χ2n) is 7.22. The molecular formula is C24H33NO2. The monoisotopic (exact) mass is 367 g/mol. The van der Waals surface area contributed by atoms with E-state index in [-0.39, 0.29) is 0 Å². The Hall–Kier alpha value is -2.29. The van der Waals surface area contributed by atoms with E-state index < -0.39 is 0 Å². The van der Waals surface area contributed by atoms with Gasteiger partial charge >= 0.3 is 0 Å². The maximum absolute atomic E-state index is 9.66. The zero-order valence-electron chi connectivity index (χ0n) is 17.0. The summed E-state index contributed by atoms with van der Waals surface area (Å²) in [4.78, 5) is 0. The first-order valence-corrected chi connectivity index (χ1v) is 10.2. The van der Waals surface area contributed by atoms with Crippen molar-refractivity contribution in [3.8, 4) is 5.75 Å². The molecule has 0 spiro atoms. The Labute approximate surface area is 164 Å². The van der Waals surface area contributed by atoms with Crippen LogP contribution in [0, 0.1) is 6.92 Å². The fourth-order valence-electron chi connectivity index (χ4n) is 3.36. The van der Waals surface area contributed by atoms with Crippen LogP contribution >= 0.6 is 0 Å². The van der Waals surface area contributed by atoms with Crippen LogP contribution in [0.1, 0.15) is 74.1 Å². The quantitative estimate of drug-likeness (QED) is 0.212. The molecule has 0 aliphatic heterocycles. The number of nitrogens with zero attached hydrogens (tertiary/aromatic N) is 1. The van der Waals surface area contributed by atoms with Crippen molar-refractivity contribution in [2.75, 3.05) is 7.11 Å². The molecule has 0 fully saturated rings. The molecule has 1 N–H and O–H groups in total. The van der Waals surface area contributed by atoms with Crippen molar-refractivity contribution >= 4 is 5.71 Å². The number of rotatable bonds is 11. The minimum atomic E-state index is 0.549. The average molecular weight is 368 g/mol. The highest BCUT2D eigenvalue weighted by molar-refractivity contribution is 6.14. The van der Waals surface area contributed by atoms with Crippen molar-refractivity contribution in [3.63, 3.8) is 0 Å². The summed E-state index contributed by atoms with van der Waals surface area (Å²) in [6.07, 6.45) is 10.2. The third kappa shape index (κ3) is 6.42. The summed E-state index contributed by atoms with van der Waals surface area (Å²) in [6, 6.07) is 14.2. The molecule has 0 atom stereocenters. The van der Waals surface area contributed by atoms with Gasteiger partial charge in [0, 0.05) is 11.1 Å². The molecule has 0 heterocycles. The van der Waals surface area contributed by atoms with Gasteiger partial charge < -0.3 is 9.94 Å². The Morgan fingerprint density at radius 1 is 0.926 bits per heavy atom.